The Kier molecular flexibility index (Phi) is 4.15. The highest BCUT2D eigenvalue weighted by atomic mass is 79.9. The molecule has 0 unspecified atom stereocenters. The van der Waals surface area contributed by atoms with Crippen molar-refractivity contribution in [1.82, 2.24) is 5.32 Å². The molecule has 0 saturated heterocycles. The van der Waals surface area contributed by atoms with Crippen LogP contribution in [0.4, 0.5) is 4.39 Å². The van der Waals surface area contributed by atoms with E-state index in [2.05, 4.69) is 21.2 Å². The Morgan fingerprint density at radius 3 is 2.88 bits per heavy atom. The molecule has 1 aromatic carbocycles. The molecule has 1 N–H and O–H groups in total. The molecule has 1 aliphatic carbocycles. The van der Waals surface area contributed by atoms with Crippen molar-refractivity contribution in [1.29, 1.82) is 0 Å². The van der Waals surface area contributed by atoms with Crippen molar-refractivity contribution in [2.24, 2.45) is 5.92 Å². The molecule has 0 spiro atoms. The summed E-state index contributed by atoms with van der Waals surface area (Å²) in [7, 11) is 0. The van der Waals surface area contributed by atoms with Crippen LogP contribution in [0.15, 0.2) is 22.7 Å². The van der Waals surface area contributed by atoms with Crippen molar-refractivity contribution >= 4 is 21.8 Å². The van der Waals surface area contributed by atoms with E-state index in [-0.39, 0.29) is 11.7 Å². The monoisotopic (exact) mass is 299 g/mol. The Morgan fingerprint density at radius 1 is 1.47 bits per heavy atom. The van der Waals surface area contributed by atoms with Gasteiger partial charge in [0.2, 0.25) is 0 Å². The fourth-order valence-corrected chi connectivity index (χ4v) is 2.30. The molecule has 0 heterocycles. The molecule has 1 amide bonds. The first-order chi connectivity index (χ1) is 8.16. The van der Waals surface area contributed by atoms with Gasteiger partial charge < -0.3 is 5.32 Å². The van der Waals surface area contributed by atoms with Crippen LogP contribution in [0.3, 0.4) is 0 Å². The zero-order valence-corrected chi connectivity index (χ0v) is 11.1. The molecule has 1 saturated carbocycles. The van der Waals surface area contributed by atoms with E-state index in [1.807, 2.05) is 0 Å². The second-order valence-electron chi connectivity index (χ2n) is 4.47. The lowest BCUT2D eigenvalue weighted by atomic mass is 10.2. The Labute approximate surface area is 109 Å². The largest absolute Gasteiger partial charge is 0.352 e. The van der Waals surface area contributed by atoms with E-state index in [0.29, 0.717) is 16.6 Å². The van der Waals surface area contributed by atoms with Gasteiger partial charge in [0.1, 0.15) is 5.82 Å². The van der Waals surface area contributed by atoms with Crippen LogP contribution in [0.5, 0.6) is 0 Å². The first-order valence-corrected chi connectivity index (χ1v) is 6.69. The summed E-state index contributed by atoms with van der Waals surface area (Å²) < 4.78 is 13.3. The van der Waals surface area contributed by atoms with Gasteiger partial charge in [-0.3, -0.25) is 4.79 Å². The summed E-state index contributed by atoms with van der Waals surface area (Å²) in [5.41, 5.74) is 0.484. The van der Waals surface area contributed by atoms with E-state index in [1.165, 1.54) is 37.5 Å². The molecule has 1 aliphatic rings. The first-order valence-electron chi connectivity index (χ1n) is 5.90. The normalized spacial score (nSPS) is 14.7. The highest BCUT2D eigenvalue weighted by Gasteiger charge is 2.20. The van der Waals surface area contributed by atoms with Crippen molar-refractivity contribution in [3.05, 3.63) is 34.1 Å². The molecule has 2 rings (SSSR count). The fraction of sp³-hybridized carbons (Fsp3) is 0.462. The van der Waals surface area contributed by atoms with Gasteiger partial charge in [-0.25, -0.2) is 4.39 Å². The standard InChI is InChI=1S/C13H15BrFNO/c14-12-8-10(15)5-6-11(12)13(17)16-7-1-2-9-3-4-9/h5-6,8-9H,1-4,7H2,(H,16,17). The SMILES string of the molecule is O=C(NCCCC1CC1)c1ccc(F)cc1Br. The van der Waals surface area contributed by atoms with Crippen LogP contribution >= 0.6 is 15.9 Å². The van der Waals surface area contributed by atoms with Gasteiger partial charge in [0.25, 0.3) is 5.91 Å². The molecule has 92 valence electrons. The van der Waals surface area contributed by atoms with Crippen molar-refractivity contribution in [3.8, 4) is 0 Å². The molecule has 0 aliphatic heterocycles. The van der Waals surface area contributed by atoms with Crippen LogP contribution in [0, 0.1) is 11.7 Å². The number of nitrogens with one attached hydrogen (secondary N) is 1. The predicted octanol–water partition coefficient (Wildman–Crippen LogP) is 3.51. The Bertz CT molecular complexity index is 418. The van der Waals surface area contributed by atoms with Crippen molar-refractivity contribution in [2.45, 2.75) is 25.7 Å². The average molecular weight is 300 g/mol. The second kappa shape index (κ2) is 5.63. The zero-order chi connectivity index (χ0) is 12.3. The average Bonchev–Trinajstić information content (AvgIpc) is 3.08. The second-order valence-corrected chi connectivity index (χ2v) is 5.32. The highest BCUT2D eigenvalue weighted by molar-refractivity contribution is 9.10. The van der Waals surface area contributed by atoms with E-state index in [0.717, 1.165) is 12.3 Å². The summed E-state index contributed by atoms with van der Waals surface area (Å²) in [5, 5.41) is 2.85. The molecule has 1 fully saturated rings. The molecule has 17 heavy (non-hydrogen) atoms. The third kappa shape index (κ3) is 3.80. The topological polar surface area (TPSA) is 29.1 Å². The molecule has 0 aromatic heterocycles. The molecule has 0 radical (unpaired) electrons. The molecular formula is C13H15BrFNO. The minimum atomic E-state index is -0.345. The minimum Gasteiger partial charge on any atom is -0.352 e. The van der Waals surface area contributed by atoms with E-state index >= 15 is 0 Å². The van der Waals surface area contributed by atoms with Crippen molar-refractivity contribution in [3.63, 3.8) is 0 Å². The van der Waals surface area contributed by atoms with Crippen LogP contribution in [0.1, 0.15) is 36.0 Å². The van der Waals surface area contributed by atoms with E-state index in [4.69, 9.17) is 0 Å². The van der Waals surface area contributed by atoms with Crippen LogP contribution in [0.25, 0.3) is 0 Å². The number of rotatable bonds is 5. The quantitative estimate of drug-likeness (QED) is 0.828. The predicted molar refractivity (Wildman–Crippen MR) is 68.4 cm³/mol. The summed E-state index contributed by atoms with van der Waals surface area (Å²) in [4.78, 5) is 11.8. The summed E-state index contributed by atoms with van der Waals surface area (Å²) in [6.45, 7) is 0.694. The maximum Gasteiger partial charge on any atom is 0.252 e. The summed E-state index contributed by atoms with van der Waals surface area (Å²) in [6, 6.07) is 4.10. The maximum atomic E-state index is 12.9. The lowest BCUT2D eigenvalue weighted by molar-refractivity contribution is 0.0952. The van der Waals surface area contributed by atoms with Crippen LogP contribution in [-0.4, -0.2) is 12.5 Å². The number of hydrogen-bond donors (Lipinski definition) is 1. The third-order valence-corrected chi connectivity index (χ3v) is 3.60. The van der Waals surface area contributed by atoms with Gasteiger partial charge in [-0.05, 0) is 52.9 Å². The molecule has 2 nitrogen and oxygen atoms in total. The number of benzene rings is 1. The number of hydrogen-bond acceptors (Lipinski definition) is 1. The van der Waals surface area contributed by atoms with Gasteiger partial charge >= 0.3 is 0 Å². The number of halogens is 2. The first kappa shape index (κ1) is 12.6. The smallest absolute Gasteiger partial charge is 0.252 e. The Hall–Kier alpha value is -0.900. The summed E-state index contributed by atoms with van der Waals surface area (Å²) in [5.74, 6) is 0.402. The van der Waals surface area contributed by atoms with Gasteiger partial charge in [0, 0.05) is 11.0 Å². The maximum absolute atomic E-state index is 12.9. The van der Waals surface area contributed by atoms with Crippen LogP contribution < -0.4 is 5.32 Å². The number of carbonyl (C=O) groups excluding carboxylic acids is 1. The van der Waals surface area contributed by atoms with Gasteiger partial charge in [0.15, 0.2) is 0 Å². The summed E-state index contributed by atoms with van der Waals surface area (Å²) in [6.07, 6.45) is 4.91. The number of amides is 1. The lowest BCUT2D eigenvalue weighted by Gasteiger charge is -2.06. The summed E-state index contributed by atoms with van der Waals surface area (Å²) >= 11 is 3.19. The van der Waals surface area contributed by atoms with Crippen molar-refractivity contribution in [2.75, 3.05) is 6.54 Å². The molecule has 1 aromatic rings. The molecular weight excluding hydrogens is 285 g/mol. The van der Waals surface area contributed by atoms with E-state index in [1.54, 1.807) is 0 Å². The van der Waals surface area contributed by atoms with Crippen molar-refractivity contribution < 1.29 is 9.18 Å². The van der Waals surface area contributed by atoms with Gasteiger partial charge in [0.05, 0.1) is 5.56 Å². The van der Waals surface area contributed by atoms with E-state index in [9.17, 15) is 9.18 Å². The molecule has 0 atom stereocenters. The van der Waals surface area contributed by atoms with Gasteiger partial charge in [-0.15, -0.1) is 0 Å². The number of carbonyl (C=O) groups is 1. The fourth-order valence-electron chi connectivity index (χ4n) is 1.77. The minimum absolute atomic E-state index is 0.146. The Balaban J connectivity index is 1.81. The van der Waals surface area contributed by atoms with Gasteiger partial charge in [-0.1, -0.05) is 12.8 Å². The lowest BCUT2D eigenvalue weighted by Crippen LogP contribution is -2.24. The van der Waals surface area contributed by atoms with Gasteiger partial charge in [-0.2, -0.15) is 0 Å². The Morgan fingerprint density at radius 2 is 2.24 bits per heavy atom. The molecule has 0 bridgehead atoms. The highest BCUT2D eigenvalue weighted by Crippen LogP contribution is 2.33. The van der Waals surface area contributed by atoms with Crippen LogP contribution in [0.2, 0.25) is 0 Å². The van der Waals surface area contributed by atoms with E-state index < -0.39 is 0 Å². The van der Waals surface area contributed by atoms with Crippen LogP contribution in [-0.2, 0) is 0 Å². The zero-order valence-electron chi connectivity index (χ0n) is 9.51. The third-order valence-electron chi connectivity index (χ3n) is 2.95. The molecule has 4 heteroatoms.